The third kappa shape index (κ3) is 4.65. The van der Waals surface area contributed by atoms with Crippen molar-refractivity contribution < 1.29 is 9.53 Å². The third-order valence-electron chi connectivity index (χ3n) is 3.31. The van der Waals surface area contributed by atoms with Gasteiger partial charge in [-0.25, -0.2) is 10.4 Å². The second kappa shape index (κ2) is 7.26. The molecule has 104 valence electrons. The van der Waals surface area contributed by atoms with E-state index >= 15 is 0 Å². The molecular weight excluding hydrogens is 240 g/mol. The highest BCUT2D eigenvalue weighted by Gasteiger charge is 2.18. The zero-order chi connectivity index (χ0) is 13.5. The Morgan fingerprint density at radius 3 is 2.63 bits per heavy atom. The molecule has 0 amide bonds. The van der Waals surface area contributed by atoms with Gasteiger partial charge in [-0.05, 0) is 25.3 Å². The Bertz CT molecular complexity index is 388. The molecule has 1 atom stereocenters. The van der Waals surface area contributed by atoms with E-state index in [0.29, 0.717) is 6.61 Å². The summed E-state index contributed by atoms with van der Waals surface area (Å²) in [5, 5.41) is 2.12. The predicted octanol–water partition coefficient (Wildman–Crippen LogP) is 2.11. The summed E-state index contributed by atoms with van der Waals surface area (Å²) in [5.74, 6) is -0.200. The van der Waals surface area contributed by atoms with Gasteiger partial charge in [0, 0.05) is 13.1 Å². The van der Waals surface area contributed by atoms with Gasteiger partial charge in [0.15, 0.2) is 0 Å². The largest absolute Gasteiger partial charge is 0.460 e. The van der Waals surface area contributed by atoms with Crippen LogP contribution in [0, 0.1) is 0 Å². The molecule has 19 heavy (non-hydrogen) atoms. The van der Waals surface area contributed by atoms with E-state index in [1.165, 1.54) is 19.3 Å². The first kappa shape index (κ1) is 14.0. The highest BCUT2D eigenvalue weighted by atomic mass is 16.5. The van der Waals surface area contributed by atoms with E-state index in [9.17, 15) is 4.79 Å². The Kier molecular flexibility index (Phi) is 5.36. The van der Waals surface area contributed by atoms with Crippen LogP contribution in [-0.4, -0.2) is 30.1 Å². The number of nitrogens with one attached hydrogen (secondary N) is 1. The summed E-state index contributed by atoms with van der Waals surface area (Å²) in [6.07, 6.45) is 3.67. The summed E-state index contributed by atoms with van der Waals surface area (Å²) in [4.78, 5) is 11.9. The smallest absolute Gasteiger partial charge is 0.324 e. The fourth-order valence-electron chi connectivity index (χ4n) is 2.20. The number of hydrogen-bond donors (Lipinski definition) is 1. The van der Waals surface area contributed by atoms with E-state index in [1.807, 2.05) is 37.3 Å². The molecule has 2 rings (SSSR count). The SMILES string of the molecule is CC(NN1CCCCC1)C(=O)OCc1ccccc1. The molecule has 1 N–H and O–H groups in total. The Hall–Kier alpha value is -1.39. The molecule has 1 aromatic carbocycles. The first-order valence-electron chi connectivity index (χ1n) is 6.97. The first-order chi connectivity index (χ1) is 9.25. The molecule has 0 saturated carbocycles. The van der Waals surface area contributed by atoms with Gasteiger partial charge < -0.3 is 4.74 Å². The molecule has 1 aromatic rings. The quantitative estimate of drug-likeness (QED) is 0.825. The number of nitrogens with zero attached hydrogens (tertiary/aromatic N) is 1. The Morgan fingerprint density at radius 1 is 1.26 bits per heavy atom. The van der Waals surface area contributed by atoms with Gasteiger partial charge >= 0.3 is 5.97 Å². The summed E-state index contributed by atoms with van der Waals surface area (Å²) in [6, 6.07) is 9.46. The van der Waals surface area contributed by atoms with Crippen LogP contribution in [0.25, 0.3) is 0 Å². The highest BCUT2D eigenvalue weighted by molar-refractivity contribution is 5.75. The number of hydrogen-bond acceptors (Lipinski definition) is 4. The van der Waals surface area contributed by atoms with E-state index < -0.39 is 0 Å². The maximum Gasteiger partial charge on any atom is 0.324 e. The zero-order valence-corrected chi connectivity index (χ0v) is 11.5. The maximum atomic E-state index is 11.9. The summed E-state index contributed by atoms with van der Waals surface area (Å²) < 4.78 is 5.30. The summed E-state index contributed by atoms with van der Waals surface area (Å²) in [5.41, 5.74) is 4.23. The minimum absolute atomic E-state index is 0.200. The summed E-state index contributed by atoms with van der Waals surface area (Å²) >= 11 is 0. The lowest BCUT2D eigenvalue weighted by Gasteiger charge is -2.29. The van der Waals surface area contributed by atoms with Gasteiger partial charge in [0.2, 0.25) is 0 Å². The van der Waals surface area contributed by atoms with Crippen LogP contribution >= 0.6 is 0 Å². The lowest BCUT2D eigenvalue weighted by molar-refractivity contribution is -0.148. The number of rotatable bonds is 5. The number of ether oxygens (including phenoxy) is 1. The molecule has 1 unspecified atom stereocenters. The molecule has 0 aromatic heterocycles. The minimum Gasteiger partial charge on any atom is -0.460 e. The number of esters is 1. The summed E-state index contributed by atoms with van der Waals surface area (Å²) in [7, 11) is 0. The molecule has 0 aliphatic carbocycles. The molecule has 1 aliphatic heterocycles. The van der Waals surface area contributed by atoms with Crippen molar-refractivity contribution in [3.63, 3.8) is 0 Å². The average molecular weight is 262 g/mol. The minimum atomic E-state index is -0.290. The van der Waals surface area contributed by atoms with Gasteiger partial charge in [-0.3, -0.25) is 4.79 Å². The van der Waals surface area contributed by atoms with Crippen molar-refractivity contribution in [2.75, 3.05) is 13.1 Å². The number of benzene rings is 1. The van der Waals surface area contributed by atoms with Crippen LogP contribution in [0.15, 0.2) is 30.3 Å². The molecule has 1 fully saturated rings. The molecule has 0 radical (unpaired) electrons. The van der Waals surface area contributed by atoms with Crippen LogP contribution in [0.1, 0.15) is 31.7 Å². The van der Waals surface area contributed by atoms with E-state index in [-0.39, 0.29) is 12.0 Å². The van der Waals surface area contributed by atoms with Crippen molar-refractivity contribution in [3.8, 4) is 0 Å². The third-order valence-corrected chi connectivity index (χ3v) is 3.31. The van der Waals surface area contributed by atoms with Crippen molar-refractivity contribution >= 4 is 5.97 Å². The molecule has 1 aliphatic rings. The second-order valence-electron chi connectivity index (χ2n) is 4.99. The van der Waals surface area contributed by atoms with Crippen molar-refractivity contribution in [3.05, 3.63) is 35.9 Å². The van der Waals surface area contributed by atoms with Gasteiger partial charge in [-0.2, -0.15) is 0 Å². The van der Waals surface area contributed by atoms with Gasteiger partial charge in [0.25, 0.3) is 0 Å². The van der Waals surface area contributed by atoms with E-state index in [4.69, 9.17) is 4.74 Å². The molecule has 0 spiro atoms. The monoisotopic (exact) mass is 262 g/mol. The fraction of sp³-hybridized carbons (Fsp3) is 0.533. The first-order valence-corrected chi connectivity index (χ1v) is 6.97. The average Bonchev–Trinajstić information content (AvgIpc) is 2.47. The van der Waals surface area contributed by atoms with E-state index in [0.717, 1.165) is 18.7 Å². The number of piperidine rings is 1. The van der Waals surface area contributed by atoms with E-state index in [2.05, 4.69) is 10.4 Å². The molecular formula is C15H22N2O2. The number of hydrazine groups is 1. The Balaban J connectivity index is 1.72. The van der Waals surface area contributed by atoms with Gasteiger partial charge in [0.05, 0.1) is 0 Å². The van der Waals surface area contributed by atoms with Crippen molar-refractivity contribution in [1.82, 2.24) is 10.4 Å². The lowest BCUT2D eigenvalue weighted by atomic mass is 10.2. The van der Waals surface area contributed by atoms with Gasteiger partial charge in [-0.15, -0.1) is 0 Å². The number of carbonyl (C=O) groups excluding carboxylic acids is 1. The lowest BCUT2D eigenvalue weighted by Crippen LogP contribution is -2.49. The van der Waals surface area contributed by atoms with Crippen molar-refractivity contribution in [1.29, 1.82) is 0 Å². The normalized spacial score (nSPS) is 17.9. The molecule has 4 nitrogen and oxygen atoms in total. The van der Waals surface area contributed by atoms with Crippen molar-refractivity contribution in [2.45, 2.75) is 38.8 Å². The van der Waals surface area contributed by atoms with Crippen LogP contribution in [0.2, 0.25) is 0 Å². The Morgan fingerprint density at radius 2 is 1.95 bits per heavy atom. The maximum absolute atomic E-state index is 11.9. The van der Waals surface area contributed by atoms with Crippen LogP contribution in [0.4, 0.5) is 0 Å². The molecule has 1 saturated heterocycles. The topological polar surface area (TPSA) is 41.6 Å². The fourth-order valence-corrected chi connectivity index (χ4v) is 2.20. The number of carbonyl (C=O) groups is 1. The van der Waals surface area contributed by atoms with Crippen LogP contribution in [-0.2, 0) is 16.1 Å². The second-order valence-corrected chi connectivity index (χ2v) is 4.99. The van der Waals surface area contributed by atoms with Crippen LogP contribution < -0.4 is 5.43 Å². The Labute approximate surface area is 114 Å². The van der Waals surface area contributed by atoms with Crippen LogP contribution in [0.3, 0.4) is 0 Å². The van der Waals surface area contributed by atoms with Crippen LogP contribution in [0.5, 0.6) is 0 Å². The standard InChI is InChI=1S/C15H22N2O2/c1-13(16-17-10-6-3-7-11-17)15(18)19-12-14-8-4-2-5-9-14/h2,4-5,8-9,13,16H,3,6-7,10-12H2,1H3. The van der Waals surface area contributed by atoms with Gasteiger partial charge in [0.1, 0.15) is 12.6 Å². The zero-order valence-electron chi connectivity index (χ0n) is 11.5. The molecule has 0 bridgehead atoms. The molecule has 4 heteroatoms. The van der Waals surface area contributed by atoms with E-state index in [1.54, 1.807) is 0 Å². The summed E-state index contributed by atoms with van der Waals surface area (Å²) in [6.45, 7) is 4.21. The predicted molar refractivity (Wildman–Crippen MR) is 74.3 cm³/mol. The van der Waals surface area contributed by atoms with Gasteiger partial charge in [-0.1, -0.05) is 36.8 Å². The molecule has 1 heterocycles. The highest BCUT2D eigenvalue weighted by Crippen LogP contribution is 2.07. The van der Waals surface area contributed by atoms with Crippen molar-refractivity contribution in [2.24, 2.45) is 0 Å².